The molecule has 0 aliphatic carbocycles. The van der Waals surface area contributed by atoms with Gasteiger partial charge in [-0.25, -0.2) is 0 Å². The maximum atomic E-state index is 11.4. The van der Waals surface area contributed by atoms with E-state index in [2.05, 4.69) is 15.9 Å². The first-order valence-corrected chi connectivity index (χ1v) is 6.71. The number of rotatable bonds is 3. The molecule has 0 bridgehead atoms. The van der Waals surface area contributed by atoms with E-state index in [1.165, 1.54) is 0 Å². The molecule has 1 fully saturated rings. The fourth-order valence-corrected chi connectivity index (χ4v) is 2.48. The van der Waals surface area contributed by atoms with E-state index in [0.717, 1.165) is 36.9 Å². The summed E-state index contributed by atoms with van der Waals surface area (Å²) in [6.07, 6.45) is 0. The Kier molecular flexibility index (Phi) is 4.25. The van der Waals surface area contributed by atoms with Crippen LogP contribution in [0, 0.1) is 0 Å². The molecule has 1 aromatic carbocycles. The lowest BCUT2D eigenvalue weighted by molar-refractivity contribution is -0.121. The first kappa shape index (κ1) is 13.4. The van der Waals surface area contributed by atoms with Crippen molar-refractivity contribution in [2.45, 2.75) is 19.9 Å². The minimum Gasteiger partial charge on any atom is -0.369 e. The number of Topliss-reactive ketones (excluding diaryl/α,β-unsaturated/α-hetero) is 1. The Morgan fingerprint density at radius 2 is 1.94 bits per heavy atom. The molecule has 2 rings (SSSR count). The second-order valence-electron chi connectivity index (χ2n) is 4.79. The standard InChI is InChI=1S/C14H19ClN2O/c1-11(12(2)18)16-6-8-17(9-7-16)14-5-3-4-13(15)10-14/h3-5,10-11H,6-9H2,1-2H3. The number of nitrogens with zero attached hydrogens (tertiary/aromatic N) is 2. The van der Waals surface area contributed by atoms with Crippen LogP contribution < -0.4 is 4.90 Å². The van der Waals surface area contributed by atoms with Crippen LogP contribution in [0.3, 0.4) is 0 Å². The predicted octanol–water partition coefficient (Wildman–Crippen LogP) is 2.44. The molecule has 4 heteroatoms. The number of ketones is 1. The number of halogens is 1. The summed E-state index contributed by atoms with van der Waals surface area (Å²) in [7, 11) is 0. The van der Waals surface area contributed by atoms with E-state index in [0.29, 0.717) is 0 Å². The van der Waals surface area contributed by atoms with Gasteiger partial charge in [0.25, 0.3) is 0 Å². The Morgan fingerprint density at radius 1 is 1.28 bits per heavy atom. The summed E-state index contributed by atoms with van der Waals surface area (Å²) in [5, 5.41) is 0.770. The third-order valence-corrected chi connectivity index (χ3v) is 3.86. The minimum atomic E-state index is 0.0338. The third-order valence-electron chi connectivity index (χ3n) is 3.62. The van der Waals surface area contributed by atoms with Crippen LogP contribution in [0.25, 0.3) is 0 Å². The van der Waals surface area contributed by atoms with Crippen LogP contribution in [0.4, 0.5) is 5.69 Å². The Morgan fingerprint density at radius 3 is 2.50 bits per heavy atom. The van der Waals surface area contributed by atoms with Crippen LogP contribution in [0.2, 0.25) is 5.02 Å². The molecule has 1 aromatic rings. The second-order valence-corrected chi connectivity index (χ2v) is 5.23. The van der Waals surface area contributed by atoms with Crippen molar-refractivity contribution in [3.05, 3.63) is 29.3 Å². The van der Waals surface area contributed by atoms with E-state index in [-0.39, 0.29) is 11.8 Å². The van der Waals surface area contributed by atoms with Crippen LogP contribution in [-0.2, 0) is 4.79 Å². The molecular weight excluding hydrogens is 248 g/mol. The van der Waals surface area contributed by atoms with Crippen LogP contribution >= 0.6 is 11.6 Å². The van der Waals surface area contributed by atoms with Gasteiger partial charge in [0, 0.05) is 36.9 Å². The number of carbonyl (C=O) groups excluding carboxylic acids is 1. The van der Waals surface area contributed by atoms with Gasteiger partial charge < -0.3 is 4.90 Å². The first-order chi connectivity index (χ1) is 8.58. The molecular formula is C14H19ClN2O. The fourth-order valence-electron chi connectivity index (χ4n) is 2.30. The SMILES string of the molecule is CC(=O)C(C)N1CCN(c2cccc(Cl)c2)CC1. The average Bonchev–Trinajstić information content (AvgIpc) is 2.38. The van der Waals surface area contributed by atoms with Crippen molar-refractivity contribution in [2.24, 2.45) is 0 Å². The highest BCUT2D eigenvalue weighted by atomic mass is 35.5. The lowest BCUT2D eigenvalue weighted by atomic mass is 10.1. The predicted molar refractivity (Wildman–Crippen MR) is 75.4 cm³/mol. The summed E-state index contributed by atoms with van der Waals surface area (Å²) in [5.41, 5.74) is 1.16. The summed E-state index contributed by atoms with van der Waals surface area (Å²) in [4.78, 5) is 15.9. The van der Waals surface area contributed by atoms with Crippen molar-refractivity contribution in [1.82, 2.24) is 4.90 Å². The summed E-state index contributed by atoms with van der Waals surface area (Å²) in [6, 6.07) is 7.97. The molecule has 1 aliphatic heterocycles. The lowest BCUT2D eigenvalue weighted by Crippen LogP contribution is -2.51. The van der Waals surface area contributed by atoms with Gasteiger partial charge in [0.05, 0.1) is 6.04 Å². The molecule has 0 amide bonds. The van der Waals surface area contributed by atoms with E-state index in [9.17, 15) is 4.79 Å². The highest BCUT2D eigenvalue weighted by molar-refractivity contribution is 6.30. The van der Waals surface area contributed by atoms with Gasteiger partial charge in [-0.3, -0.25) is 9.69 Å². The number of carbonyl (C=O) groups is 1. The third kappa shape index (κ3) is 3.03. The smallest absolute Gasteiger partial charge is 0.146 e. The summed E-state index contributed by atoms with van der Waals surface area (Å²) in [5.74, 6) is 0.242. The van der Waals surface area contributed by atoms with Gasteiger partial charge in [-0.05, 0) is 32.0 Å². The molecule has 1 saturated heterocycles. The van der Waals surface area contributed by atoms with E-state index in [4.69, 9.17) is 11.6 Å². The number of hydrogen-bond acceptors (Lipinski definition) is 3. The summed E-state index contributed by atoms with van der Waals surface area (Å²) in [6.45, 7) is 7.38. The maximum absolute atomic E-state index is 11.4. The minimum absolute atomic E-state index is 0.0338. The molecule has 0 saturated carbocycles. The van der Waals surface area contributed by atoms with Crippen LogP contribution in [0.1, 0.15) is 13.8 Å². The molecule has 0 N–H and O–H groups in total. The van der Waals surface area contributed by atoms with Gasteiger partial charge in [-0.2, -0.15) is 0 Å². The van der Waals surface area contributed by atoms with Crippen molar-refractivity contribution < 1.29 is 4.79 Å². The Bertz CT molecular complexity index is 428. The lowest BCUT2D eigenvalue weighted by Gasteiger charge is -2.38. The summed E-state index contributed by atoms with van der Waals surface area (Å²) < 4.78 is 0. The fraction of sp³-hybridized carbons (Fsp3) is 0.500. The number of piperazine rings is 1. The van der Waals surface area contributed by atoms with Gasteiger partial charge in [0.1, 0.15) is 5.78 Å². The number of hydrogen-bond donors (Lipinski definition) is 0. The monoisotopic (exact) mass is 266 g/mol. The van der Waals surface area contributed by atoms with Crippen molar-refractivity contribution in [1.29, 1.82) is 0 Å². The van der Waals surface area contributed by atoms with Gasteiger partial charge in [-0.15, -0.1) is 0 Å². The molecule has 0 radical (unpaired) electrons. The van der Waals surface area contributed by atoms with Gasteiger partial charge in [-0.1, -0.05) is 17.7 Å². The van der Waals surface area contributed by atoms with Gasteiger partial charge in [0.2, 0.25) is 0 Å². The zero-order chi connectivity index (χ0) is 13.1. The topological polar surface area (TPSA) is 23.6 Å². The quantitative estimate of drug-likeness (QED) is 0.840. The maximum Gasteiger partial charge on any atom is 0.146 e. The van der Waals surface area contributed by atoms with Crippen LogP contribution in [0.5, 0.6) is 0 Å². The largest absolute Gasteiger partial charge is 0.369 e. The molecule has 18 heavy (non-hydrogen) atoms. The van der Waals surface area contributed by atoms with E-state index in [1.807, 2.05) is 25.1 Å². The highest BCUT2D eigenvalue weighted by Crippen LogP contribution is 2.21. The molecule has 3 nitrogen and oxygen atoms in total. The molecule has 0 aromatic heterocycles. The highest BCUT2D eigenvalue weighted by Gasteiger charge is 2.23. The Hall–Kier alpha value is -1.06. The molecule has 1 unspecified atom stereocenters. The van der Waals surface area contributed by atoms with Crippen LogP contribution in [-0.4, -0.2) is 42.9 Å². The normalized spacial score (nSPS) is 18.7. The summed E-state index contributed by atoms with van der Waals surface area (Å²) >= 11 is 6.00. The van der Waals surface area contributed by atoms with Crippen molar-refractivity contribution in [2.75, 3.05) is 31.1 Å². The molecule has 0 spiro atoms. The van der Waals surface area contributed by atoms with Crippen LogP contribution in [0.15, 0.2) is 24.3 Å². The van der Waals surface area contributed by atoms with Gasteiger partial charge in [0.15, 0.2) is 0 Å². The molecule has 1 aliphatic rings. The van der Waals surface area contributed by atoms with Crippen molar-refractivity contribution in [3.8, 4) is 0 Å². The first-order valence-electron chi connectivity index (χ1n) is 6.33. The number of anilines is 1. The van der Waals surface area contributed by atoms with E-state index in [1.54, 1.807) is 6.92 Å². The molecule has 1 atom stereocenters. The number of benzene rings is 1. The van der Waals surface area contributed by atoms with Crippen molar-refractivity contribution in [3.63, 3.8) is 0 Å². The Balaban J connectivity index is 1.96. The van der Waals surface area contributed by atoms with Gasteiger partial charge >= 0.3 is 0 Å². The van der Waals surface area contributed by atoms with Crippen molar-refractivity contribution >= 4 is 23.1 Å². The molecule has 98 valence electrons. The Labute approximate surface area is 113 Å². The molecule has 1 heterocycles. The zero-order valence-corrected chi connectivity index (χ0v) is 11.7. The van der Waals surface area contributed by atoms with E-state index < -0.39 is 0 Å². The second kappa shape index (κ2) is 5.72. The van der Waals surface area contributed by atoms with E-state index >= 15 is 0 Å². The average molecular weight is 267 g/mol. The zero-order valence-electron chi connectivity index (χ0n) is 10.9.